The van der Waals surface area contributed by atoms with E-state index in [1.54, 1.807) is 13.0 Å². The monoisotopic (exact) mass is 258 g/mol. The van der Waals surface area contributed by atoms with Crippen molar-refractivity contribution < 1.29 is 9.13 Å². The van der Waals surface area contributed by atoms with Gasteiger partial charge in [0.25, 0.3) is 0 Å². The molecule has 5 nitrogen and oxygen atoms in total. The first kappa shape index (κ1) is 12.8. The largest absolute Gasteiger partial charge is 0.494 e. The van der Waals surface area contributed by atoms with Gasteiger partial charge < -0.3 is 10.1 Å². The van der Waals surface area contributed by atoms with Gasteiger partial charge in [0.2, 0.25) is 5.95 Å². The second-order valence-corrected chi connectivity index (χ2v) is 3.80. The minimum Gasteiger partial charge on any atom is -0.494 e. The number of anilines is 2. The summed E-state index contributed by atoms with van der Waals surface area (Å²) in [6.45, 7) is 1.76. The molecule has 0 aliphatic heterocycles. The highest BCUT2D eigenvalue weighted by atomic mass is 19.1. The number of benzene rings is 1. The van der Waals surface area contributed by atoms with Gasteiger partial charge in [0.1, 0.15) is 23.3 Å². The summed E-state index contributed by atoms with van der Waals surface area (Å²) in [5.74, 6) is 0.204. The Kier molecular flexibility index (Phi) is 3.57. The fraction of sp³-hybridized carbons (Fsp3) is 0.154. The first-order chi connectivity index (χ1) is 9.12. The summed E-state index contributed by atoms with van der Waals surface area (Å²) in [4.78, 5) is 8.16. The van der Waals surface area contributed by atoms with Crippen LogP contribution in [0.3, 0.4) is 0 Å². The van der Waals surface area contributed by atoms with E-state index in [1.807, 2.05) is 6.07 Å². The Labute approximate surface area is 109 Å². The molecule has 0 aliphatic carbocycles. The zero-order chi connectivity index (χ0) is 13.8. The Hall–Kier alpha value is -2.68. The Morgan fingerprint density at radius 2 is 2.11 bits per heavy atom. The Morgan fingerprint density at radius 3 is 2.79 bits per heavy atom. The van der Waals surface area contributed by atoms with Crippen LogP contribution in [0.1, 0.15) is 11.4 Å². The minimum absolute atomic E-state index is 0.260. The van der Waals surface area contributed by atoms with Crippen LogP contribution in [0.5, 0.6) is 5.75 Å². The predicted octanol–water partition coefficient (Wildman–Crippen LogP) is 2.55. The lowest BCUT2D eigenvalue weighted by Crippen LogP contribution is -2.02. The van der Waals surface area contributed by atoms with Gasteiger partial charge in [-0.25, -0.2) is 14.4 Å². The van der Waals surface area contributed by atoms with Crippen LogP contribution in [0.2, 0.25) is 0 Å². The van der Waals surface area contributed by atoms with Crippen molar-refractivity contribution in [3.8, 4) is 11.8 Å². The van der Waals surface area contributed by atoms with Gasteiger partial charge in [0.05, 0.1) is 12.8 Å². The molecule has 0 amide bonds. The second kappa shape index (κ2) is 5.31. The number of halogens is 1. The molecule has 0 aliphatic rings. The van der Waals surface area contributed by atoms with Gasteiger partial charge in [0, 0.05) is 11.8 Å². The number of nitriles is 1. The van der Waals surface area contributed by atoms with Gasteiger partial charge in [-0.05, 0) is 25.1 Å². The molecule has 1 heterocycles. The number of hydrogen-bond donors (Lipinski definition) is 1. The highest BCUT2D eigenvalue weighted by molar-refractivity contribution is 5.62. The van der Waals surface area contributed by atoms with Crippen molar-refractivity contribution in [3.63, 3.8) is 0 Å². The van der Waals surface area contributed by atoms with Crippen LogP contribution < -0.4 is 10.1 Å². The molecule has 1 aromatic carbocycles. The molecule has 1 aromatic heterocycles. The van der Waals surface area contributed by atoms with Crippen LogP contribution >= 0.6 is 0 Å². The molecular weight excluding hydrogens is 247 g/mol. The number of hydrogen-bond acceptors (Lipinski definition) is 5. The van der Waals surface area contributed by atoms with E-state index in [2.05, 4.69) is 15.3 Å². The number of aryl methyl sites for hydroxylation is 1. The quantitative estimate of drug-likeness (QED) is 0.916. The zero-order valence-corrected chi connectivity index (χ0v) is 10.4. The van der Waals surface area contributed by atoms with E-state index < -0.39 is 5.82 Å². The number of aromatic nitrogens is 2. The Morgan fingerprint density at radius 1 is 1.32 bits per heavy atom. The normalized spacial score (nSPS) is 9.79. The van der Waals surface area contributed by atoms with E-state index in [0.29, 0.717) is 17.1 Å². The summed E-state index contributed by atoms with van der Waals surface area (Å²) >= 11 is 0. The van der Waals surface area contributed by atoms with Crippen molar-refractivity contribution in [1.82, 2.24) is 9.97 Å². The van der Waals surface area contributed by atoms with Crippen LogP contribution in [0.15, 0.2) is 24.3 Å². The van der Waals surface area contributed by atoms with Gasteiger partial charge >= 0.3 is 0 Å². The van der Waals surface area contributed by atoms with Gasteiger partial charge in [-0.1, -0.05) is 0 Å². The average molecular weight is 258 g/mol. The Balaban J connectivity index is 2.36. The number of methoxy groups -OCH3 is 1. The third-order valence-electron chi connectivity index (χ3n) is 2.38. The van der Waals surface area contributed by atoms with Crippen molar-refractivity contribution in [1.29, 1.82) is 5.26 Å². The molecule has 96 valence electrons. The van der Waals surface area contributed by atoms with Crippen molar-refractivity contribution in [2.75, 3.05) is 12.4 Å². The van der Waals surface area contributed by atoms with E-state index in [9.17, 15) is 4.39 Å². The van der Waals surface area contributed by atoms with E-state index in [-0.39, 0.29) is 11.6 Å². The molecule has 0 atom stereocenters. The first-order valence-corrected chi connectivity index (χ1v) is 5.48. The van der Waals surface area contributed by atoms with Gasteiger partial charge in [0.15, 0.2) is 0 Å². The smallest absolute Gasteiger partial charge is 0.228 e. The Bertz CT molecular complexity index is 652. The molecule has 0 unspecified atom stereocenters. The summed E-state index contributed by atoms with van der Waals surface area (Å²) in [6.07, 6.45) is 0. The van der Waals surface area contributed by atoms with Gasteiger partial charge in [-0.3, -0.25) is 0 Å². The number of nitrogens with zero attached hydrogens (tertiary/aromatic N) is 3. The fourth-order valence-corrected chi connectivity index (χ4v) is 1.57. The SMILES string of the molecule is COc1cc(F)ccc1Nc1nc(C)cc(C#N)n1. The lowest BCUT2D eigenvalue weighted by atomic mass is 10.3. The molecule has 1 N–H and O–H groups in total. The predicted molar refractivity (Wildman–Crippen MR) is 67.7 cm³/mol. The zero-order valence-electron chi connectivity index (χ0n) is 10.4. The standard InChI is InChI=1S/C13H11FN4O/c1-8-5-10(7-15)17-13(16-8)18-11-4-3-9(14)6-12(11)19-2/h3-6H,1-2H3,(H,16,17,18). The molecule has 6 heteroatoms. The summed E-state index contributed by atoms with van der Waals surface area (Å²) in [7, 11) is 1.44. The minimum atomic E-state index is -0.398. The molecule has 0 spiro atoms. The third kappa shape index (κ3) is 2.96. The van der Waals surface area contributed by atoms with Crippen molar-refractivity contribution in [2.45, 2.75) is 6.92 Å². The first-order valence-electron chi connectivity index (χ1n) is 5.48. The molecule has 0 saturated carbocycles. The molecule has 2 rings (SSSR count). The van der Waals surface area contributed by atoms with Crippen LogP contribution in [0.25, 0.3) is 0 Å². The van der Waals surface area contributed by atoms with Crippen LogP contribution in [0, 0.1) is 24.1 Å². The van der Waals surface area contributed by atoms with Crippen LogP contribution in [-0.4, -0.2) is 17.1 Å². The summed E-state index contributed by atoms with van der Waals surface area (Å²) in [5.41, 5.74) is 1.45. The average Bonchev–Trinajstić information content (AvgIpc) is 2.40. The topological polar surface area (TPSA) is 70.8 Å². The highest BCUT2D eigenvalue weighted by Gasteiger charge is 2.07. The van der Waals surface area contributed by atoms with Gasteiger partial charge in [-0.2, -0.15) is 5.26 Å². The van der Waals surface area contributed by atoms with Crippen molar-refractivity contribution >= 4 is 11.6 Å². The molecule has 19 heavy (non-hydrogen) atoms. The molecule has 0 radical (unpaired) electrons. The number of ether oxygens (including phenoxy) is 1. The molecular formula is C13H11FN4O. The lowest BCUT2D eigenvalue weighted by Gasteiger charge is -2.10. The van der Waals surface area contributed by atoms with E-state index >= 15 is 0 Å². The fourth-order valence-electron chi connectivity index (χ4n) is 1.57. The summed E-state index contributed by atoms with van der Waals surface area (Å²) < 4.78 is 18.1. The molecule has 2 aromatic rings. The maximum atomic E-state index is 13.1. The van der Waals surface area contributed by atoms with E-state index in [4.69, 9.17) is 10.00 Å². The van der Waals surface area contributed by atoms with Gasteiger partial charge in [-0.15, -0.1) is 0 Å². The number of rotatable bonds is 3. The number of nitrogens with one attached hydrogen (secondary N) is 1. The molecule has 0 fully saturated rings. The lowest BCUT2D eigenvalue weighted by molar-refractivity contribution is 0.413. The van der Waals surface area contributed by atoms with Crippen molar-refractivity contribution in [2.24, 2.45) is 0 Å². The maximum Gasteiger partial charge on any atom is 0.228 e. The highest BCUT2D eigenvalue weighted by Crippen LogP contribution is 2.27. The van der Waals surface area contributed by atoms with Crippen molar-refractivity contribution in [3.05, 3.63) is 41.5 Å². The van der Waals surface area contributed by atoms with E-state index in [0.717, 1.165) is 0 Å². The van der Waals surface area contributed by atoms with E-state index in [1.165, 1.54) is 25.3 Å². The molecule has 0 bridgehead atoms. The maximum absolute atomic E-state index is 13.1. The van der Waals surface area contributed by atoms with Crippen LogP contribution in [-0.2, 0) is 0 Å². The summed E-state index contributed by atoms with van der Waals surface area (Å²) in [6, 6.07) is 7.60. The summed E-state index contributed by atoms with van der Waals surface area (Å²) in [5, 5.41) is 11.7. The van der Waals surface area contributed by atoms with Crippen LogP contribution in [0.4, 0.5) is 16.0 Å². The second-order valence-electron chi connectivity index (χ2n) is 3.80. The molecule has 0 saturated heterocycles. The third-order valence-corrected chi connectivity index (χ3v) is 2.38.